The second-order valence-electron chi connectivity index (χ2n) is 4.36. The summed E-state index contributed by atoms with van der Waals surface area (Å²) in [5.41, 5.74) is 2.34. The zero-order valence-electron chi connectivity index (χ0n) is 9.30. The number of rotatable bonds is 2. The molecule has 0 heterocycles. The summed E-state index contributed by atoms with van der Waals surface area (Å²) in [7, 11) is 0. The van der Waals surface area contributed by atoms with Gasteiger partial charge in [-0.1, -0.05) is 42.0 Å². The van der Waals surface area contributed by atoms with Crippen LogP contribution in [0.2, 0.25) is 0 Å². The molecule has 2 rings (SSSR count). The summed E-state index contributed by atoms with van der Waals surface area (Å²) in [6.45, 7) is 2.05. The zero-order valence-corrected chi connectivity index (χ0v) is 9.30. The van der Waals surface area contributed by atoms with Crippen molar-refractivity contribution in [3.8, 4) is 0 Å². The molecule has 84 valence electrons. The largest absolute Gasteiger partial charge is 0.264 e. The van der Waals surface area contributed by atoms with Gasteiger partial charge in [0.25, 0.3) is 0 Å². The van der Waals surface area contributed by atoms with Crippen LogP contribution in [-0.4, -0.2) is 11.0 Å². The van der Waals surface area contributed by atoms with Crippen LogP contribution in [0.25, 0.3) is 0 Å². The molecule has 0 N–H and O–H groups in total. The first kappa shape index (κ1) is 10.9. The molecule has 0 saturated carbocycles. The Bertz CT molecular complexity index is 411. The van der Waals surface area contributed by atoms with E-state index in [0.717, 1.165) is 12.0 Å². The fourth-order valence-corrected chi connectivity index (χ4v) is 2.33. The van der Waals surface area contributed by atoms with Crippen LogP contribution < -0.4 is 0 Å². The molecule has 0 saturated heterocycles. The number of benzene rings is 1. The summed E-state index contributed by atoms with van der Waals surface area (Å²) in [5, 5.41) is 11.0. The van der Waals surface area contributed by atoms with Crippen molar-refractivity contribution in [2.75, 3.05) is 0 Å². The fraction of sp³-hybridized carbons (Fsp3) is 0.385. The van der Waals surface area contributed by atoms with Crippen molar-refractivity contribution >= 4 is 0 Å². The van der Waals surface area contributed by atoms with E-state index in [9.17, 15) is 10.1 Å². The number of hydrogen-bond acceptors (Lipinski definition) is 2. The van der Waals surface area contributed by atoms with E-state index in [2.05, 4.69) is 0 Å². The molecular weight excluding hydrogens is 202 g/mol. The normalized spacial score (nSPS) is 24.9. The molecule has 0 radical (unpaired) electrons. The lowest BCUT2D eigenvalue weighted by atomic mass is 9.81. The second-order valence-corrected chi connectivity index (χ2v) is 4.36. The molecule has 0 aromatic heterocycles. The molecular formula is C13H15NO2. The fourth-order valence-electron chi connectivity index (χ4n) is 2.33. The molecule has 1 aliphatic rings. The minimum atomic E-state index is -0.467. The van der Waals surface area contributed by atoms with E-state index >= 15 is 0 Å². The predicted molar refractivity (Wildman–Crippen MR) is 63.0 cm³/mol. The molecule has 0 amide bonds. The Labute approximate surface area is 94.9 Å². The monoisotopic (exact) mass is 217 g/mol. The van der Waals surface area contributed by atoms with Gasteiger partial charge >= 0.3 is 0 Å². The third-order valence-electron chi connectivity index (χ3n) is 3.21. The first-order valence-electron chi connectivity index (χ1n) is 5.52. The number of nitro groups is 1. The van der Waals surface area contributed by atoms with Crippen LogP contribution in [0.1, 0.15) is 31.2 Å². The Morgan fingerprint density at radius 2 is 2.00 bits per heavy atom. The molecule has 2 unspecified atom stereocenters. The van der Waals surface area contributed by atoms with Crippen LogP contribution in [-0.2, 0) is 0 Å². The summed E-state index contributed by atoms with van der Waals surface area (Å²) >= 11 is 0. The Morgan fingerprint density at radius 3 is 2.62 bits per heavy atom. The molecule has 0 bridgehead atoms. The molecule has 0 fully saturated rings. The van der Waals surface area contributed by atoms with Gasteiger partial charge in [0.05, 0.1) is 5.92 Å². The Hall–Kier alpha value is -1.64. The summed E-state index contributed by atoms with van der Waals surface area (Å²) in [6.07, 6.45) is 3.35. The van der Waals surface area contributed by atoms with Crippen molar-refractivity contribution in [2.24, 2.45) is 0 Å². The third-order valence-corrected chi connectivity index (χ3v) is 3.21. The van der Waals surface area contributed by atoms with Crippen LogP contribution in [0.15, 0.2) is 42.0 Å². The molecule has 1 aromatic carbocycles. The highest BCUT2D eigenvalue weighted by Gasteiger charge is 2.34. The summed E-state index contributed by atoms with van der Waals surface area (Å²) in [4.78, 5) is 10.9. The van der Waals surface area contributed by atoms with Gasteiger partial charge in [-0.3, -0.25) is 10.1 Å². The van der Waals surface area contributed by atoms with E-state index in [1.54, 1.807) is 0 Å². The smallest absolute Gasteiger partial charge is 0.223 e. The van der Waals surface area contributed by atoms with Gasteiger partial charge in [0.15, 0.2) is 0 Å². The van der Waals surface area contributed by atoms with Gasteiger partial charge in [0.1, 0.15) is 0 Å². The number of hydrogen-bond donors (Lipinski definition) is 0. The van der Waals surface area contributed by atoms with Crippen LogP contribution in [0, 0.1) is 10.1 Å². The van der Waals surface area contributed by atoms with Crippen LogP contribution >= 0.6 is 0 Å². The second kappa shape index (κ2) is 4.47. The number of nitrogens with zero attached hydrogens (tertiary/aromatic N) is 1. The minimum absolute atomic E-state index is 0.0289. The highest BCUT2D eigenvalue weighted by molar-refractivity contribution is 5.25. The van der Waals surface area contributed by atoms with Gasteiger partial charge in [-0.05, 0) is 18.9 Å². The van der Waals surface area contributed by atoms with Crippen LogP contribution in [0.5, 0.6) is 0 Å². The van der Waals surface area contributed by atoms with E-state index in [1.807, 2.05) is 43.3 Å². The van der Waals surface area contributed by atoms with Crippen molar-refractivity contribution in [1.29, 1.82) is 0 Å². The molecule has 0 spiro atoms. The van der Waals surface area contributed by atoms with Gasteiger partial charge in [0, 0.05) is 11.3 Å². The van der Waals surface area contributed by atoms with Crippen molar-refractivity contribution in [2.45, 2.75) is 31.7 Å². The Kier molecular flexibility index (Phi) is 3.04. The van der Waals surface area contributed by atoms with Gasteiger partial charge in [-0.15, -0.1) is 0 Å². The highest BCUT2D eigenvalue weighted by Crippen LogP contribution is 2.34. The van der Waals surface area contributed by atoms with Crippen molar-refractivity contribution in [3.05, 3.63) is 57.7 Å². The molecule has 0 aliphatic heterocycles. The van der Waals surface area contributed by atoms with Gasteiger partial charge in [-0.2, -0.15) is 0 Å². The minimum Gasteiger partial charge on any atom is -0.264 e. The third kappa shape index (κ3) is 2.13. The van der Waals surface area contributed by atoms with Crippen LogP contribution in [0.4, 0.5) is 0 Å². The first-order chi connectivity index (χ1) is 7.68. The van der Waals surface area contributed by atoms with Gasteiger partial charge in [-0.25, -0.2) is 0 Å². The van der Waals surface area contributed by atoms with Crippen molar-refractivity contribution in [1.82, 2.24) is 0 Å². The van der Waals surface area contributed by atoms with E-state index < -0.39 is 6.04 Å². The zero-order chi connectivity index (χ0) is 11.5. The molecule has 1 aromatic rings. The van der Waals surface area contributed by atoms with E-state index in [0.29, 0.717) is 6.42 Å². The molecule has 2 atom stereocenters. The average Bonchev–Trinajstić information content (AvgIpc) is 2.29. The molecule has 1 aliphatic carbocycles. The standard InChI is InChI=1S/C13H15NO2/c1-10-7-8-13(14(15)16)12(9-10)11-5-3-2-4-6-11/h2-7,12-13H,8-9H2,1H3. The van der Waals surface area contributed by atoms with Gasteiger partial charge in [0.2, 0.25) is 6.04 Å². The topological polar surface area (TPSA) is 43.1 Å². The first-order valence-corrected chi connectivity index (χ1v) is 5.52. The maximum absolute atomic E-state index is 11.0. The summed E-state index contributed by atoms with van der Waals surface area (Å²) in [6, 6.07) is 9.33. The quantitative estimate of drug-likeness (QED) is 0.434. The molecule has 16 heavy (non-hydrogen) atoms. The maximum Gasteiger partial charge on any atom is 0.223 e. The van der Waals surface area contributed by atoms with E-state index in [4.69, 9.17) is 0 Å². The van der Waals surface area contributed by atoms with E-state index in [-0.39, 0.29) is 10.8 Å². The lowest BCUT2D eigenvalue weighted by Crippen LogP contribution is -2.29. The van der Waals surface area contributed by atoms with Gasteiger partial charge < -0.3 is 0 Å². The molecule has 3 nitrogen and oxygen atoms in total. The van der Waals surface area contributed by atoms with Crippen molar-refractivity contribution < 1.29 is 4.92 Å². The summed E-state index contributed by atoms with van der Waals surface area (Å²) in [5.74, 6) is 0.0289. The SMILES string of the molecule is CC1=CCC([N+](=O)[O-])C(c2ccccc2)C1. The van der Waals surface area contributed by atoms with Crippen LogP contribution in [0.3, 0.4) is 0 Å². The lowest BCUT2D eigenvalue weighted by molar-refractivity contribution is -0.526. The Morgan fingerprint density at radius 1 is 1.31 bits per heavy atom. The van der Waals surface area contributed by atoms with E-state index in [1.165, 1.54) is 5.57 Å². The average molecular weight is 217 g/mol. The predicted octanol–water partition coefficient (Wildman–Crippen LogP) is 3.16. The summed E-state index contributed by atoms with van der Waals surface area (Å²) < 4.78 is 0. The highest BCUT2D eigenvalue weighted by atomic mass is 16.6. The Balaban J connectivity index is 2.30. The maximum atomic E-state index is 11.0. The number of allylic oxidation sites excluding steroid dienone is 1. The lowest BCUT2D eigenvalue weighted by Gasteiger charge is -2.24. The molecule has 3 heteroatoms. The van der Waals surface area contributed by atoms with Crippen molar-refractivity contribution in [3.63, 3.8) is 0 Å².